The van der Waals surface area contributed by atoms with Crippen molar-refractivity contribution < 1.29 is 0 Å². The molecule has 0 heterocycles. The van der Waals surface area contributed by atoms with Gasteiger partial charge in [0.05, 0.1) is 0 Å². The lowest BCUT2D eigenvalue weighted by Gasteiger charge is -1.82. The first-order chi connectivity index (χ1) is 4.31. The molecular weight excluding hydrogens is 110 g/mol. The normalized spacial score (nSPS) is 13.9. The van der Waals surface area contributed by atoms with E-state index in [2.05, 4.69) is 18.0 Å². The van der Waals surface area contributed by atoms with Gasteiger partial charge >= 0.3 is 0 Å². The summed E-state index contributed by atoms with van der Waals surface area (Å²) in [6, 6.07) is 0. The molecule has 50 valence electrons. The van der Waals surface area contributed by atoms with Crippen molar-refractivity contribution in [2.45, 2.75) is 13.8 Å². The van der Waals surface area contributed by atoms with E-state index in [1.807, 2.05) is 19.1 Å². The zero-order valence-electron chi connectivity index (χ0n) is 6.26. The fourth-order valence-corrected chi connectivity index (χ4v) is 0.377. The third-order valence-electron chi connectivity index (χ3n) is 1.05. The summed E-state index contributed by atoms with van der Waals surface area (Å²) in [5.41, 5.74) is 1.26. The Morgan fingerprint density at radius 1 is 1.44 bits per heavy atom. The first-order valence-electron chi connectivity index (χ1n) is 3.03. The summed E-state index contributed by atoms with van der Waals surface area (Å²) in [5.74, 6) is 0. The Balaban J connectivity index is 3.71. The van der Waals surface area contributed by atoms with Gasteiger partial charge in [0.1, 0.15) is 0 Å². The zero-order valence-corrected chi connectivity index (χ0v) is 6.26. The molecule has 0 saturated carbocycles. The maximum atomic E-state index is 3.80. The van der Waals surface area contributed by atoms with Gasteiger partial charge in [-0.25, -0.2) is 0 Å². The molecule has 0 rings (SSSR count). The summed E-state index contributed by atoms with van der Waals surface area (Å²) in [6.45, 7) is 4.07. The van der Waals surface area contributed by atoms with Crippen molar-refractivity contribution >= 4 is 6.21 Å². The van der Waals surface area contributed by atoms with Crippen molar-refractivity contribution in [3.8, 4) is 0 Å². The fraction of sp³-hybridized carbons (Fsp3) is 0.375. The molecule has 1 heteroatoms. The molecule has 0 bridgehead atoms. The van der Waals surface area contributed by atoms with Crippen LogP contribution in [0.25, 0.3) is 0 Å². The Hall–Kier alpha value is -0.850. The smallest absolute Gasteiger partial charge is 0.0277 e. The molecule has 0 aromatic rings. The van der Waals surface area contributed by atoms with Crippen LogP contribution in [0.4, 0.5) is 0 Å². The van der Waals surface area contributed by atoms with E-state index in [0.717, 1.165) is 0 Å². The number of nitrogens with zero attached hydrogens (tertiary/aromatic N) is 1. The Kier molecular flexibility index (Phi) is 4.79. The summed E-state index contributed by atoms with van der Waals surface area (Å²) in [7, 11) is 1.76. The van der Waals surface area contributed by atoms with Crippen molar-refractivity contribution in [2.24, 2.45) is 4.99 Å². The minimum atomic E-state index is 1.26. The molecule has 0 N–H and O–H groups in total. The lowest BCUT2D eigenvalue weighted by molar-refractivity contribution is 1.46. The number of hydrogen-bond donors (Lipinski definition) is 0. The van der Waals surface area contributed by atoms with E-state index < -0.39 is 0 Å². The molecular formula is C8H13N. The van der Waals surface area contributed by atoms with Gasteiger partial charge in [-0.2, -0.15) is 0 Å². The third-order valence-corrected chi connectivity index (χ3v) is 1.05. The van der Waals surface area contributed by atoms with Gasteiger partial charge in [-0.05, 0) is 19.9 Å². The van der Waals surface area contributed by atoms with Crippen LogP contribution in [0, 0.1) is 0 Å². The van der Waals surface area contributed by atoms with E-state index in [0.29, 0.717) is 0 Å². The summed E-state index contributed by atoms with van der Waals surface area (Å²) >= 11 is 0. The second kappa shape index (κ2) is 5.29. The molecule has 0 aromatic carbocycles. The highest BCUT2D eigenvalue weighted by molar-refractivity contribution is 5.71. The average Bonchev–Trinajstić information content (AvgIpc) is 1.89. The van der Waals surface area contributed by atoms with Gasteiger partial charge in [-0.3, -0.25) is 4.99 Å². The van der Waals surface area contributed by atoms with Gasteiger partial charge in [0, 0.05) is 13.3 Å². The predicted molar refractivity (Wildman–Crippen MR) is 43.0 cm³/mol. The second-order valence-electron chi connectivity index (χ2n) is 1.80. The Labute approximate surface area is 56.8 Å². The van der Waals surface area contributed by atoms with Crippen LogP contribution in [0.3, 0.4) is 0 Å². The molecule has 0 aliphatic rings. The van der Waals surface area contributed by atoms with E-state index in [9.17, 15) is 0 Å². The largest absolute Gasteiger partial charge is 0.297 e. The van der Waals surface area contributed by atoms with Crippen LogP contribution in [0.15, 0.2) is 28.8 Å². The molecule has 0 radical (unpaired) electrons. The first kappa shape index (κ1) is 8.15. The van der Waals surface area contributed by atoms with Gasteiger partial charge in [0.25, 0.3) is 0 Å². The number of rotatable bonds is 2. The lowest BCUT2D eigenvalue weighted by atomic mass is 10.3. The van der Waals surface area contributed by atoms with Crippen LogP contribution in [0.5, 0.6) is 0 Å². The summed E-state index contributed by atoms with van der Waals surface area (Å²) < 4.78 is 0. The molecule has 0 saturated heterocycles. The number of hydrogen-bond acceptors (Lipinski definition) is 1. The van der Waals surface area contributed by atoms with Crippen LogP contribution < -0.4 is 0 Å². The summed E-state index contributed by atoms with van der Waals surface area (Å²) in [6.07, 6.45) is 7.77. The second-order valence-corrected chi connectivity index (χ2v) is 1.80. The molecule has 0 spiro atoms. The van der Waals surface area contributed by atoms with Gasteiger partial charge in [0.15, 0.2) is 0 Å². The van der Waals surface area contributed by atoms with Crippen LogP contribution in [0.1, 0.15) is 13.8 Å². The van der Waals surface area contributed by atoms with Gasteiger partial charge in [-0.1, -0.05) is 17.7 Å². The molecule has 0 atom stereocenters. The average molecular weight is 123 g/mol. The fourth-order valence-electron chi connectivity index (χ4n) is 0.377. The van der Waals surface area contributed by atoms with Crippen molar-refractivity contribution in [3.63, 3.8) is 0 Å². The molecule has 0 aromatic heterocycles. The van der Waals surface area contributed by atoms with E-state index >= 15 is 0 Å². The third kappa shape index (κ3) is 5.01. The molecule has 0 aliphatic carbocycles. The Morgan fingerprint density at radius 2 is 2.11 bits per heavy atom. The van der Waals surface area contributed by atoms with Crippen LogP contribution in [-0.2, 0) is 0 Å². The topological polar surface area (TPSA) is 12.4 Å². The summed E-state index contributed by atoms with van der Waals surface area (Å²) in [5, 5.41) is 0. The highest BCUT2D eigenvalue weighted by atomic mass is 14.6. The Bertz CT molecular complexity index is 141. The van der Waals surface area contributed by atoms with E-state index in [-0.39, 0.29) is 0 Å². The molecule has 9 heavy (non-hydrogen) atoms. The van der Waals surface area contributed by atoms with E-state index in [1.54, 1.807) is 13.3 Å². The minimum absolute atomic E-state index is 1.26. The minimum Gasteiger partial charge on any atom is -0.297 e. The first-order valence-corrected chi connectivity index (χ1v) is 3.03. The number of aliphatic imine (C=N–C) groups is 1. The van der Waals surface area contributed by atoms with Crippen LogP contribution in [-0.4, -0.2) is 13.3 Å². The van der Waals surface area contributed by atoms with Crippen LogP contribution >= 0.6 is 0 Å². The lowest BCUT2D eigenvalue weighted by Crippen LogP contribution is -1.66. The van der Waals surface area contributed by atoms with Gasteiger partial charge < -0.3 is 0 Å². The Morgan fingerprint density at radius 3 is 2.56 bits per heavy atom. The molecule has 0 unspecified atom stereocenters. The van der Waals surface area contributed by atoms with Crippen molar-refractivity contribution in [1.29, 1.82) is 0 Å². The SMILES string of the molecule is C/C=C(C)\C=C/C=NC. The standard InChI is InChI=1S/C8H13N/c1-4-8(2)6-5-7-9-3/h4-7H,1-3H3/b6-5-,8-4-,9-7?. The van der Waals surface area contributed by atoms with Crippen molar-refractivity contribution in [3.05, 3.63) is 23.8 Å². The quantitative estimate of drug-likeness (QED) is 0.394. The van der Waals surface area contributed by atoms with Gasteiger partial charge in [0.2, 0.25) is 0 Å². The maximum Gasteiger partial charge on any atom is 0.0277 e. The molecule has 0 aliphatic heterocycles. The molecule has 1 nitrogen and oxygen atoms in total. The summed E-state index contributed by atoms with van der Waals surface area (Å²) in [4.78, 5) is 3.80. The molecule has 0 fully saturated rings. The zero-order chi connectivity index (χ0) is 7.11. The van der Waals surface area contributed by atoms with Crippen molar-refractivity contribution in [1.82, 2.24) is 0 Å². The maximum absolute atomic E-state index is 3.80. The highest BCUT2D eigenvalue weighted by Crippen LogP contribution is 1.91. The van der Waals surface area contributed by atoms with E-state index in [1.165, 1.54) is 5.57 Å². The monoisotopic (exact) mass is 123 g/mol. The van der Waals surface area contributed by atoms with E-state index in [4.69, 9.17) is 0 Å². The van der Waals surface area contributed by atoms with Gasteiger partial charge in [-0.15, -0.1) is 0 Å². The predicted octanol–water partition coefficient (Wildman–Crippen LogP) is 2.21. The van der Waals surface area contributed by atoms with Crippen molar-refractivity contribution in [2.75, 3.05) is 7.05 Å². The highest BCUT2D eigenvalue weighted by Gasteiger charge is 1.71. The number of allylic oxidation sites excluding steroid dienone is 4. The molecule has 0 amide bonds. The van der Waals surface area contributed by atoms with Crippen LogP contribution in [0.2, 0.25) is 0 Å².